The van der Waals surface area contributed by atoms with E-state index in [9.17, 15) is 9.90 Å². The lowest BCUT2D eigenvalue weighted by atomic mass is 9.82. The van der Waals surface area contributed by atoms with Crippen molar-refractivity contribution in [1.29, 1.82) is 0 Å². The number of aromatic nitrogens is 1. The van der Waals surface area contributed by atoms with Crippen LogP contribution in [0.4, 0.5) is 5.69 Å². The summed E-state index contributed by atoms with van der Waals surface area (Å²) in [4.78, 5) is 16.4. The Hall–Kier alpha value is -2.14. The van der Waals surface area contributed by atoms with Crippen molar-refractivity contribution in [3.63, 3.8) is 0 Å². The van der Waals surface area contributed by atoms with Gasteiger partial charge in [-0.15, -0.1) is 0 Å². The normalized spacial score (nSPS) is 17.0. The first-order chi connectivity index (χ1) is 11.1. The number of amides is 1. The summed E-state index contributed by atoms with van der Waals surface area (Å²) < 4.78 is 5.33. The molecule has 0 unspecified atom stereocenters. The van der Waals surface area contributed by atoms with Crippen molar-refractivity contribution in [3.05, 3.63) is 36.2 Å². The molecule has 5 nitrogen and oxygen atoms in total. The highest BCUT2D eigenvalue weighted by molar-refractivity contribution is 5.92. The molecule has 0 atom stereocenters. The molecule has 1 aromatic heterocycles. The van der Waals surface area contributed by atoms with Crippen LogP contribution in [0.2, 0.25) is 0 Å². The number of rotatable bonds is 4. The number of hydrogen-bond acceptors (Lipinski definition) is 4. The Morgan fingerprint density at radius 2 is 2.13 bits per heavy atom. The van der Waals surface area contributed by atoms with E-state index in [1.165, 1.54) is 6.26 Å². The van der Waals surface area contributed by atoms with Gasteiger partial charge in [-0.25, -0.2) is 4.98 Å². The van der Waals surface area contributed by atoms with Crippen LogP contribution in [-0.2, 0) is 4.79 Å². The van der Waals surface area contributed by atoms with Crippen molar-refractivity contribution in [2.45, 2.75) is 51.0 Å². The molecule has 1 aliphatic rings. The molecule has 0 radical (unpaired) electrons. The first-order valence-electron chi connectivity index (χ1n) is 8.08. The zero-order chi connectivity index (χ0) is 16.3. The van der Waals surface area contributed by atoms with Gasteiger partial charge in [0.05, 0.1) is 18.2 Å². The summed E-state index contributed by atoms with van der Waals surface area (Å²) in [5.41, 5.74) is 1.71. The van der Waals surface area contributed by atoms with Crippen molar-refractivity contribution >= 4 is 11.6 Å². The molecular weight excluding hydrogens is 292 g/mol. The van der Waals surface area contributed by atoms with Crippen molar-refractivity contribution < 1.29 is 14.3 Å². The van der Waals surface area contributed by atoms with Crippen LogP contribution in [0, 0.1) is 6.92 Å². The van der Waals surface area contributed by atoms with E-state index in [0.717, 1.165) is 30.4 Å². The Morgan fingerprint density at radius 3 is 2.83 bits per heavy atom. The number of aryl methyl sites for hydroxylation is 1. The van der Waals surface area contributed by atoms with Gasteiger partial charge in [-0.2, -0.15) is 0 Å². The molecule has 2 N–H and O–H groups in total. The summed E-state index contributed by atoms with van der Waals surface area (Å²) in [5.74, 6) is 0.376. The maximum Gasteiger partial charge on any atom is 0.227 e. The SMILES string of the molecule is Cc1ccc(NC(=O)CC2(O)CCCCC2)cc1-c1ncco1. The average molecular weight is 314 g/mol. The molecule has 23 heavy (non-hydrogen) atoms. The third-order valence-electron chi connectivity index (χ3n) is 4.46. The zero-order valence-electron chi connectivity index (χ0n) is 13.3. The minimum Gasteiger partial charge on any atom is -0.445 e. The van der Waals surface area contributed by atoms with Crippen LogP contribution < -0.4 is 5.32 Å². The monoisotopic (exact) mass is 314 g/mol. The molecule has 0 saturated heterocycles. The van der Waals surface area contributed by atoms with E-state index in [1.54, 1.807) is 6.20 Å². The second-order valence-electron chi connectivity index (χ2n) is 6.38. The fourth-order valence-electron chi connectivity index (χ4n) is 3.18. The number of carbonyl (C=O) groups excluding carboxylic acids is 1. The van der Waals surface area contributed by atoms with Crippen LogP contribution in [0.3, 0.4) is 0 Å². The summed E-state index contributed by atoms with van der Waals surface area (Å²) in [7, 11) is 0. The molecule has 1 fully saturated rings. The molecule has 1 amide bonds. The molecule has 0 aliphatic heterocycles. The van der Waals surface area contributed by atoms with Crippen LogP contribution >= 0.6 is 0 Å². The molecule has 122 valence electrons. The summed E-state index contributed by atoms with van der Waals surface area (Å²) in [6.45, 7) is 1.97. The Morgan fingerprint density at radius 1 is 1.35 bits per heavy atom. The van der Waals surface area contributed by atoms with Crippen molar-refractivity contribution in [1.82, 2.24) is 4.98 Å². The highest BCUT2D eigenvalue weighted by atomic mass is 16.3. The number of carbonyl (C=O) groups is 1. The summed E-state index contributed by atoms with van der Waals surface area (Å²) >= 11 is 0. The van der Waals surface area contributed by atoms with Crippen molar-refractivity contribution in [2.24, 2.45) is 0 Å². The minimum atomic E-state index is -0.849. The van der Waals surface area contributed by atoms with Crippen molar-refractivity contribution in [2.75, 3.05) is 5.32 Å². The number of oxazole rings is 1. The molecule has 2 aromatic rings. The Labute approximate surface area is 135 Å². The van der Waals surface area contributed by atoms with Gasteiger partial charge in [-0.05, 0) is 37.5 Å². The number of anilines is 1. The van der Waals surface area contributed by atoms with Gasteiger partial charge in [0.2, 0.25) is 11.8 Å². The topological polar surface area (TPSA) is 75.4 Å². The van der Waals surface area contributed by atoms with E-state index in [-0.39, 0.29) is 12.3 Å². The number of benzene rings is 1. The Kier molecular flexibility index (Phi) is 4.48. The van der Waals surface area contributed by atoms with Gasteiger partial charge in [0.1, 0.15) is 6.26 Å². The molecule has 0 spiro atoms. The van der Waals surface area contributed by atoms with Gasteiger partial charge < -0.3 is 14.8 Å². The van der Waals surface area contributed by atoms with Crippen LogP contribution in [0.1, 0.15) is 44.1 Å². The van der Waals surface area contributed by atoms with E-state index in [1.807, 2.05) is 25.1 Å². The minimum absolute atomic E-state index is 0.148. The van der Waals surface area contributed by atoms with E-state index in [0.29, 0.717) is 24.4 Å². The maximum atomic E-state index is 12.3. The fourth-order valence-corrected chi connectivity index (χ4v) is 3.18. The summed E-state index contributed by atoms with van der Waals surface area (Å²) in [6.07, 6.45) is 7.80. The number of aliphatic hydroxyl groups is 1. The average Bonchev–Trinajstić information content (AvgIpc) is 3.03. The van der Waals surface area contributed by atoms with E-state index in [4.69, 9.17) is 4.42 Å². The lowest BCUT2D eigenvalue weighted by Crippen LogP contribution is -2.35. The predicted octanol–water partition coefficient (Wildman–Crippen LogP) is 3.67. The number of nitrogens with zero attached hydrogens (tertiary/aromatic N) is 1. The second-order valence-corrected chi connectivity index (χ2v) is 6.38. The third-order valence-corrected chi connectivity index (χ3v) is 4.46. The van der Waals surface area contributed by atoms with Gasteiger partial charge in [-0.3, -0.25) is 4.79 Å². The molecule has 3 rings (SSSR count). The van der Waals surface area contributed by atoms with E-state index >= 15 is 0 Å². The summed E-state index contributed by atoms with van der Waals surface area (Å²) in [6, 6.07) is 5.62. The van der Waals surface area contributed by atoms with Crippen LogP contribution in [0.25, 0.3) is 11.5 Å². The molecule has 1 aliphatic carbocycles. The van der Waals surface area contributed by atoms with Gasteiger partial charge >= 0.3 is 0 Å². The Balaban J connectivity index is 1.70. The quantitative estimate of drug-likeness (QED) is 0.903. The smallest absolute Gasteiger partial charge is 0.227 e. The molecule has 0 bridgehead atoms. The molecule has 5 heteroatoms. The molecule has 1 heterocycles. The standard InChI is InChI=1S/C18H22N2O3/c1-13-5-6-14(11-15(13)17-19-9-10-23-17)20-16(21)12-18(22)7-3-2-4-8-18/h5-6,9-11,22H,2-4,7-8,12H2,1H3,(H,20,21). The highest BCUT2D eigenvalue weighted by Gasteiger charge is 2.31. The van der Waals surface area contributed by atoms with Gasteiger partial charge in [-0.1, -0.05) is 25.3 Å². The van der Waals surface area contributed by atoms with E-state index in [2.05, 4.69) is 10.3 Å². The largest absolute Gasteiger partial charge is 0.445 e. The lowest BCUT2D eigenvalue weighted by molar-refractivity contribution is -0.122. The molecule has 1 aromatic carbocycles. The van der Waals surface area contributed by atoms with E-state index < -0.39 is 5.60 Å². The van der Waals surface area contributed by atoms with Crippen LogP contribution in [-0.4, -0.2) is 21.6 Å². The molecule has 1 saturated carbocycles. The fraction of sp³-hybridized carbons (Fsp3) is 0.444. The lowest BCUT2D eigenvalue weighted by Gasteiger charge is -2.31. The van der Waals surface area contributed by atoms with Gasteiger partial charge in [0, 0.05) is 11.3 Å². The van der Waals surface area contributed by atoms with Gasteiger partial charge in [0.15, 0.2) is 0 Å². The highest BCUT2D eigenvalue weighted by Crippen LogP contribution is 2.31. The van der Waals surface area contributed by atoms with Crippen LogP contribution in [0.5, 0.6) is 0 Å². The first-order valence-corrected chi connectivity index (χ1v) is 8.08. The third kappa shape index (κ3) is 3.79. The first kappa shape index (κ1) is 15.7. The predicted molar refractivity (Wildman–Crippen MR) is 88.0 cm³/mol. The number of nitrogens with one attached hydrogen (secondary N) is 1. The zero-order valence-corrected chi connectivity index (χ0v) is 13.3. The second kappa shape index (κ2) is 6.54. The molecular formula is C18H22N2O3. The maximum absolute atomic E-state index is 12.3. The summed E-state index contributed by atoms with van der Waals surface area (Å²) in [5, 5.41) is 13.4. The van der Waals surface area contributed by atoms with Crippen LogP contribution in [0.15, 0.2) is 35.1 Å². The Bertz CT molecular complexity index is 674. The van der Waals surface area contributed by atoms with Crippen molar-refractivity contribution in [3.8, 4) is 11.5 Å². The number of hydrogen-bond donors (Lipinski definition) is 2. The van der Waals surface area contributed by atoms with Gasteiger partial charge in [0.25, 0.3) is 0 Å².